The Morgan fingerprint density at radius 1 is 1.00 bits per heavy atom. The van der Waals surface area contributed by atoms with E-state index in [1.165, 1.54) is 28.0 Å². The molecule has 96 valence electrons. The van der Waals surface area contributed by atoms with E-state index in [9.17, 15) is 0 Å². The van der Waals surface area contributed by atoms with Crippen LogP contribution in [0.1, 0.15) is 17.0 Å². The minimum atomic E-state index is 0.975. The van der Waals surface area contributed by atoms with Crippen LogP contribution < -0.4 is 4.98 Å². The molecule has 0 saturated heterocycles. The maximum absolute atomic E-state index is 3.42. The van der Waals surface area contributed by atoms with Gasteiger partial charge < -0.3 is 0 Å². The molecule has 0 atom stereocenters. The number of thioether (sulfide) groups is 1. The van der Waals surface area contributed by atoms with E-state index in [4.69, 9.17) is 0 Å². The van der Waals surface area contributed by atoms with Crippen molar-refractivity contribution >= 4 is 22.8 Å². The van der Waals surface area contributed by atoms with Gasteiger partial charge in [0.15, 0.2) is 11.0 Å². The smallest absolute Gasteiger partial charge is 0.240 e. The predicted molar refractivity (Wildman–Crippen MR) is 81.0 cm³/mol. The molecule has 1 aromatic heterocycles. The zero-order valence-electron chi connectivity index (χ0n) is 10.9. The third-order valence-electron chi connectivity index (χ3n) is 3.26. The summed E-state index contributed by atoms with van der Waals surface area (Å²) in [5.74, 6) is 3.21. The van der Waals surface area contributed by atoms with E-state index in [1.54, 1.807) is 0 Å². The van der Waals surface area contributed by atoms with Gasteiger partial charge in [0.2, 0.25) is 0 Å². The zero-order chi connectivity index (χ0) is 13.1. The first-order valence-corrected chi connectivity index (χ1v) is 7.59. The summed E-state index contributed by atoms with van der Waals surface area (Å²) in [6, 6.07) is 16.9. The summed E-state index contributed by atoms with van der Waals surface area (Å²) in [5, 5.41) is 0. The van der Waals surface area contributed by atoms with Crippen LogP contribution in [0.2, 0.25) is 0 Å². The SMILES string of the molecule is Cc1ccccc1CSCc1[nH]c2ccccc2[nH+]1. The molecule has 0 unspecified atom stereocenters. The molecule has 1 heterocycles. The lowest BCUT2D eigenvalue weighted by Gasteiger charge is -2.02. The normalized spacial score (nSPS) is 11.0. The Bertz CT molecular complexity index is 655. The van der Waals surface area contributed by atoms with Crippen LogP contribution in [0.15, 0.2) is 48.5 Å². The van der Waals surface area contributed by atoms with Crippen LogP contribution in [0.5, 0.6) is 0 Å². The molecule has 0 aliphatic carbocycles. The lowest BCUT2D eigenvalue weighted by atomic mass is 10.1. The Kier molecular flexibility index (Phi) is 3.56. The summed E-state index contributed by atoms with van der Waals surface area (Å²) >= 11 is 1.93. The zero-order valence-corrected chi connectivity index (χ0v) is 11.8. The van der Waals surface area contributed by atoms with E-state index in [0.717, 1.165) is 11.5 Å². The fraction of sp³-hybridized carbons (Fsp3) is 0.188. The fourth-order valence-corrected chi connectivity index (χ4v) is 3.16. The second kappa shape index (κ2) is 5.49. The molecule has 0 radical (unpaired) electrons. The fourth-order valence-electron chi connectivity index (χ4n) is 2.16. The van der Waals surface area contributed by atoms with Gasteiger partial charge in [-0.2, -0.15) is 0 Å². The number of fused-ring (bicyclic) bond motifs is 1. The summed E-state index contributed by atoms with van der Waals surface area (Å²) in [6.07, 6.45) is 0. The molecule has 3 rings (SSSR count). The minimum absolute atomic E-state index is 0.975. The molecule has 0 amide bonds. The first-order valence-electron chi connectivity index (χ1n) is 6.44. The number of rotatable bonds is 4. The summed E-state index contributed by atoms with van der Waals surface area (Å²) in [4.78, 5) is 6.84. The van der Waals surface area contributed by atoms with Gasteiger partial charge in [-0.3, -0.25) is 0 Å². The summed E-state index contributed by atoms with van der Waals surface area (Å²) in [5.41, 5.74) is 5.14. The van der Waals surface area contributed by atoms with Crippen molar-refractivity contribution in [1.82, 2.24) is 4.98 Å². The third-order valence-corrected chi connectivity index (χ3v) is 4.27. The van der Waals surface area contributed by atoms with Gasteiger partial charge >= 0.3 is 0 Å². The number of hydrogen-bond donors (Lipinski definition) is 1. The lowest BCUT2D eigenvalue weighted by molar-refractivity contribution is -0.355. The molecule has 3 aromatic rings. The highest BCUT2D eigenvalue weighted by molar-refractivity contribution is 7.97. The Morgan fingerprint density at radius 3 is 2.63 bits per heavy atom. The molecular weight excluding hydrogens is 252 g/mol. The Labute approximate surface area is 117 Å². The van der Waals surface area contributed by atoms with Crippen molar-refractivity contribution in [2.24, 2.45) is 0 Å². The van der Waals surface area contributed by atoms with E-state index in [-0.39, 0.29) is 0 Å². The van der Waals surface area contributed by atoms with Gasteiger partial charge in [0.25, 0.3) is 5.82 Å². The number of aryl methyl sites for hydroxylation is 1. The molecule has 0 bridgehead atoms. The number of H-pyrrole nitrogens is 2. The maximum atomic E-state index is 3.42. The predicted octanol–water partition coefficient (Wildman–Crippen LogP) is 3.72. The largest absolute Gasteiger partial charge is 0.263 e. The second-order valence-corrected chi connectivity index (χ2v) is 5.68. The van der Waals surface area contributed by atoms with Crippen LogP contribution in [0.25, 0.3) is 11.0 Å². The highest BCUT2D eigenvalue weighted by Crippen LogP contribution is 2.19. The number of aromatic nitrogens is 2. The van der Waals surface area contributed by atoms with Crippen LogP contribution in [0.3, 0.4) is 0 Å². The Hall–Kier alpha value is -1.74. The minimum Gasteiger partial charge on any atom is -0.240 e. The van der Waals surface area contributed by atoms with Crippen LogP contribution in [0.4, 0.5) is 0 Å². The van der Waals surface area contributed by atoms with Crippen molar-refractivity contribution in [3.63, 3.8) is 0 Å². The Morgan fingerprint density at radius 2 is 1.79 bits per heavy atom. The molecule has 0 saturated carbocycles. The first-order chi connectivity index (χ1) is 9.33. The van der Waals surface area contributed by atoms with Crippen molar-refractivity contribution in [2.45, 2.75) is 18.4 Å². The number of aromatic amines is 2. The highest BCUT2D eigenvalue weighted by Gasteiger charge is 2.09. The number of hydrogen-bond acceptors (Lipinski definition) is 1. The molecule has 2 nitrogen and oxygen atoms in total. The lowest BCUT2D eigenvalue weighted by Crippen LogP contribution is -2.05. The van der Waals surface area contributed by atoms with Gasteiger partial charge in [0, 0.05) is 5.75 Å². The maximum Gasteiger partial charge on any atom is 0.263 e. The van der Waals surface area contributed by atoms with Crippen LogP contribution in [-0.4, -0.2) is 4.98 Å². The molecule has 0 spiro atoms. The van der Waals surface area contributed by atoms with Gasteiger partial charge in [0.1, 0.15) is 0 Å². The number of benzene rings is 2. The number of imidazole rings is 1. The van der Waals surface area contributed by atoms with E-state index in [2.05, 4.69) is 65.4 Å². The van der Waals surface area contributed by atoms with Crippen LogP contribution in [0, 0.1) is 6.92 Å². The summed E-state index contributed by atoms with van der Waals surface area (Å²) in [7, 11) is 0. The summed E-state index contributed by atoms with van der Waals surface area (Å²) in [6.45, 7) is 2.17. The summed E-state index contributed by atoms with van der Waals surface area (Å²) < 4.78 is 0. The number of nitrogens with one attached hydrogen (secondary N) is 2. The Balaban J connectivity index is 1.65. The molecule has 0 aliphatic heterocycles. The topological polar surface area (TPSA) is 29.9 Å². The van der Waals surface area contributed by atoms with E-state index < -0.39 is 0 Å². The van der Waals surface area contributed by atoms with Gasteiger partial charge in [0.05, 0.1) is 5.75 Å². The molecule has 19 heavy (non-hydrogen) atoms. The second-order valence-electron chi connectivity index (χ2n) is 4.69. The van der Waals surface area contributed by atoms with Crippen molar-refractivity contribution in [3.05, 3.63) is 65.5 Å². The van der Waals surface area contributed by atoms with Crippen molar-refractivity contribution in [1.29, 1.82) is 0 Å². The first kappa shape index (κ1) is 12.3. The molecule has 0 fully saturated rings. The highest BCUT2D eigenvalue weighted by atomic mass is 32.2. The molecule has 3 heteroatoms. The van der Waals surface area contributed by atoms with Gasteiger partial charge in [-0.1, -0.05) is 36.4 Å². The van der Waals surface area contributed by atoms with Crippen molar-refractivity contribution in [2.75, 3.05) is 0 Å². The van der Waals surface area contributed by atoms with Crippen LogP contribution in [-0.2, 0) is 11.5 Å². The third kappa shape index (κ3) is 2.82. The average Bonchev–Trinajstić information content (AvgIpc) is 2.83. The molecular formula is C16H17N2S+. The average molecular weight is 269 g/mol. The van der Waals surface area contributed by atoms with E-state index in [0.29, 0.717) is 0 Å². The van der Waals surface area contributed by atoms with Gasteiger partial charge in [-0.15, -0.1) is 11.8 Å². The molecule has 2 N–H and O–H groups in total. The van der Waals surface area contributed by atoms with E-state index in [1.807, 2.05) is 11.8 Å². The molecule has 0 aliphatic rings. The molecule has 2 aromatic carbocycles. The van der Waals surface area contributed by atoms with Crippen molar-refractivity contribution in [3.8, 4) is 0 Å². The number of para-hydroxylation sites is 2. The van der Waals surface area contributed by atoms with Gasteiger partial charge in [-0.25, -0.2) is 9.97 Å². The van der Waals surface area contributed by atoms with Gasteiger partial charge in [-0.05, 0) is 30.2 Å². The van der Waals surface area contributed by atoms with E-state index >= 15 is 0 Å². The standard InChI is InChI=1S/C16H16N2S/c1-12-6-2-3-7-13(12)10-19-11-16-17-14-8-4-5-9-15(14)18-16/h2-9H,10-11H2,1H3,(H,17,18)/p+1. The quantitative estimate of drug-likeness (QED) is 0.768. The van der Waals surface area contributed by atoms with Crippen LogP contribution >= 0.6 is 11.8 Å². The van der Waals surface area contributed by atoms with Crippen molar-refractivity contribution < 1.29 is 4.98 Å². The monoisotopic (exact) mass is 269 g/mol.